The number of nitrogens with one attached hydrogen (secondary N) is 1. The van der Waals surface area contributed by atoms with Crippen LogP contribution in [0.2, 0.25) is 0 Å². The Hall–Kier alpha value is -1.63. The molecule has 0 saturated heterocycles. The summed E-state index contributed by atoms with van der Waals surface area (Å²) in [7, 11) is 0. The van der Waals surface area contributed by atoms with Crippen molar-refractivity contribution in [2.24, 2.45) is 5.92 Å². The molecule has 1 aliphatic carbocycles. The lowest BCUT2D eigenvalue weighted by atomic mass is 10.1. The van der Waals surface area contributed by atoms with Gasteiger partial charge in [-0.15, -0.1) is 11.3 Å². The molecule has 7 heteroatoms. The molecule has 4 N–H and O–H groups in total. The molecule has 2 atom stereocenters. The number of rotatable bonds is 3. The molecule has 0 spiro atoms. The van der Waals surface area contributed by atoms with Crippen LogP contribution in [0.1, 0.15) is 29.8 Å². The van der Waals surface area contributed by atoms with Gasteiger partial charge in [0, 0.05) is 11.4 Å². The Labute approximate surface area is 102 Å². The van der Waals surface area contributed by atoms with E-state index in [0.717, 1.165) is 0 Å². The van der Waals surface area contributed by atoms with Crippen molar-refractivity contribution in [1.29, 1.82) is 0 Å². The molecule has 1 saturated carbocycles. The minimum atomic E-state index is -0.792. The summed E-state index contributed by atoms with van der Waals surface area (Å²) in [5.41, 5.74) is 5.73. The Kier molecular flexibility index (Phi) is 3.28. The minimum Gasteiger partial charge on any atom is -0.481 e. The zero-order valence-electron chi connectivity index (χ0n) is 9.05. The van der Waals surface area contributed by atoms with Crippen LogP contribution in [-0.2, 0) is 4.79 Å². The lowest BCUT2D eigenvalue weighted by Gasteiger charge is -2.10. The molecule has 0 aliphatic heterocycles. The SMILES string of the molecule is Nc1nc(C(=O)N[C@H]2CC[C@@H](C(=O)O)C2)cs1. The average molecular weight is 255 g/mol. The predicted molar refractivity (Wildman–Crippen MR) is 62.8 cm³/mol. The van der Waals surface area contributed by atoms with Crippen LogP contribution in [0, 0.1) is 5.92 Å². The van der Waals surface area contributed by atoms with E-state index in [1.54, 1.807) is 5.38 Å². The van der Waals surface area contributed by atoms with Crippen molar-refractivity contribution in [3.63, 3.8) is 0 Å². The third kappa shape index (κ3) is 2.73. The number of carbonyl (C=O) groups excluding carboxylic acids is 1. The molecule has 2 rings (SSSR count). The van der Waals surface area contributed by atoms with Crippen LogP contribution in [0.3, 0.4) is 0 Å². The van der Waals surface area contributed by atoms with Crippen molar-refractivity contribution in [1.82, 2.24) is 10.3 Å². The van der Waals surface area contributed by atoms with E-state index in [1.807, 2.05) is 0 Å². The van der Waals surface area contributed by atoms with Gasteiger partial charge in [0.1, 0.15) is 5.69 Å². The highest BCUT2D eigenvalue weighted by atomic mass is 32.1. The lowest BCUT2D eigenvalue weighted by molar-refractivity contribution is -0.141. The number of hydrogen-bond donors (Lipinski definition) is 3. The quantitative estimate of drug-likeness (QED) is 0.737. The van der Waals surface area contributed by atoms with Gasteiger partial charge in [0.05, 0.1) is 5.92 Å². The largest absolute Gasteiger partial charge is 0.481 e. The van der Waals surface area contributed by atoms with E-state index in [0.29, 0.717) is 30.1 Å². The van der Waals surface area contributed by atoms with Crippen molar-refractivity contribution in [2.45, 2.75) is 25.3 Å². The number of amides is 1. The standard InChI is InChI=1S/C10H13N3O3S/c11-10-13-7(4-17-10)8(14)12-6-2-1-5(3-6)9(15)16/h4-6H,1-3H2,(H2,11,13)(H,12,14)(H,15,16)/t5-,6+/m1/s1. The number of carboxylic acids is 1. The van der Waals surface area contributed by atoms with Gasteiger partial charge in [-0.2, -0.15) is 0 Å². The van der Waals surface area contributed by atoms with Crippen LogP contribution in [0.25, 0.3) is 0 Å². The summed E-state index contributed by atoms with van der Waals surface area (Å²) in [5, 5.41) is 13.6. The first-order valence-electron chi connectivity index (χ1n) is 5.31. The van der Waals surface area contributed by atoms with Gasteiger partial charge in [-0.1, -0.05) is 0 Å². The number of thiazole rings is 1. The number of carbonyl (C=O) groups is 2. The van der Waals surface area contributed by atoms with Crippen molar-refractivity contribution in [3.8, 4) is 0 Å². The number of anilines is 1. The van der Waals surface area contributed by atoms with Crippen molar-refractivity contribution in [3.05, 3.63) is 11.1 Å². The fourth-order valence-electron chi connectivity index (χ4n) is 1.99. The number of aliphatic carboxylic acids is 1. The van der Waals surface area contributed by atoms with E-state index in [2.05, 4.69) is 10.3 Å². The maximum Gasteiger partial charge on any atom is 0.306 e. The van der Waals surface area contributed by atoms with E-state index in [9.17, 15) is 9.59 Å². The second kappa shape index (κ2) is 4.70. The summed E-state index contributed by atoms with van der Waals surface area (Å²) >= 11 is 1.21. The summed E-state index contributed by atoms with van der Waals surface area (Å²) in [6.07, 6.45) is 1.79. The Morgan fingerprint density at radius 1 is 1.53 bits per heavy atom. The lowest BCUT2D eigenvalue weighted by Crippen LogP contribution is -2.33. The molecule has 0 bridgehead atoms. The molecule has 0 unspecified atom stereocenters. The molecule has 1 amide bonds. The van der Waals surface area contributed by atoms with Crippen LogP contribution in [0.15, 0.2) is 5.38 Å². The highest BCUT2D eigenvalue weighted by molar-refractivity contribution is 7.13. The smallest absolute Gasteiger partial charge is 0.306 e. The van der Waals surface area contributed by atoms with Crippen molar-refractivity contribution >= 4 is 28.3 Å². The normalized spacial score (nSPS) is 23.5. The summed E-state index contributed by atoms with van der Waals surface area (Å²) in [5.74, 6) is -1.42. The van der Waals surface area contributed by atoms with Gasteiger partial charge in [-0.25, -0.2) is 4.98 Å². The molecule has 17 heavy (non-hydrogen) atoms. The highest BCUT2D eigenvalue weighted by Gasteiger charge is 2.30. The number of nitrogens with two attached hydrogens (primary N) is 1. The maximum absolute atomic E-state index is 11.7. The average Bonchev–Trinajstić information content (AvgIpc) is 2.86. The minimum absolute atomic E-state index is 0.0773. The van der Waals surface area contributed by atoms with E-state index in [1.165, 1.54) is 11.3 Å². The van der Waals surface area contributed by atoms with Crippen molar-refractivity contribution in [2.75, 3.05) is 5.73 Å². The zero-order chi connectivity index (χ0) is 12.4. The zero-order valence-corrected chi connectivity index (χ0v) is 9.87. The van der Waals surface area contributed by atoms with E-state index in [4.69, 9.17) is 10.8 Å². The summed E-state index contributed by atoms with van der Waals surface area (Å²) in [4.78, 5) is 26.4. The first kappa shape index (κ1) is 11.8. The molecule has 1 heterocycles. The fourth-order valence-corrected chi connectivity index (χ4v) is 2.53. The molecule has 6 nitrogen and oxygen atoms in total. The molecular weight excluding hydrogens is 242 g/mol. The Morgan fingerprint density at radius 3 is 2.82 bits per heavy atom. The van der Waals surface area contributed by atoms with E-state index in [-0.39, 0.29) is 17.9 Å². The highest BCUT2D eigenvalue weighted by Crippen LogP contribution is 2.26. The Balaban J connectivity index is 1.90. The number of nitrogens with zero attached hydrogens (tertiary/aromatic N) is 1. The van der Waals surface area contributed by atoms with Gasteiger partial charge in [0.25, 0.3) is 5.91 Å². The van der Waals surface area contributed by atoms with Crippen LogP contribution in [-0.4, -0.2) is 28.0 Å². The van der Waals surface area contributed by atoms with Gasteiger partial charge in [-0.3, -0.25) is 9.59 Å². The summed E-state index contributed by atoms with van der Waals surface area (Å²) in [6.45, 7) is 0. The number of hydrogen-bond acceptors (Lipinski definition) is 5. The summed E-state index contributed by atoms with van der Waals surface area (Å²) in [6, 6.07) is -0.0773. The van der Waals surface area contributed by atoms with Gasteiger partial charge in [0.15, 0.2) is 5.13 Å². The number of carboxylic acid groups (broad SMARTS) is 1. The van der Waals surface area contributed by atoms with Gasteiger partial charge in [0.2, 0.25) is 0 Å². The fraction of sp³-hybridized carbons (Fsp3) is 0.500. The number of aromatic nitrogens is 1. The van der Waals surface area contributed by atoms with Crippen LogP contribution >= 0.6 is 11.3 Å². The molecule has 92 valence electrons. The van der Waals surface area contributed by atoms with E-state index < -0.39 is 5.97 Å². The molecular formula is C10H13N3O3S. The predicted octanol–water partition coefficient (Wildman–Crippen LogP) is 0.708. The summed E-state index contributed by atoms with van der Waals surface area (Å²) < 4.78 is 0. The molecule has 0 radical (unpaired) electrons. The Morgan fingerprint density at radius 2 is 2.29 bits per heavy atom. The molecule has 1 aromatic rings. The first-order valence-corrected chi connectivity index (χ1v) is 6.19. The van der Waals surface area contributed by atoms with E-state index >= 15 is 0 Å². The monoisotopic (exact) mass is 255 g/mol. The molecule has 1 fully saturated rings. The molecule has 0 aromatic carbocycles. The van der Waals surface area contributed by atoms with Crippen molar-refractivity contribution < 1.29 is 14.7 Å². The topological polar surface area (TPSA) is 105 Å². The third-order valence-electron chi connectivity index (χ3n) is 2.87. The second-order valence-corrected chi connectivity index (χ2v) is 4.98. The second-order valence-electron chi connectivity index (χ2n) is 4.09. The van der Waals surface area contributed by atoms with Crippen LogP contribution in [0.5, 0.6) is 0 Å². The van der Waals surface area contributed by atoms with Crippen LogP contribution < -0.4 is 11.1 Å². The molecule has 1 aliphatic rings. The van der Waals surface area contributed by atoms with Gasteiger partial charge in [-0.05, 0) is 19.3 Å². The maximum atomic E-state index is 11.7. The third-order valence-corrected chi connectivity index (χ3v) is 3.55. The first-order chi connectivity index (χ1) is 8.06. The van der Waals surface area contributed by atoms with Gasteiger partial charge >= 0.3 is 5.97 Å². The van der Waals surface area contributed by atoms with Gasteiger partial charge < -0.3 is 16.2 Å². The number of nitrogen functional groups attached to an aromatic ring is 1. The molecule has 1 aromatic heterocycles. The Bertz CT molecular complexity index is 446. The van der Waals surface area contributed by atoms with Crippen LogP contribution in [0.4, 0.5) is 5.13 Å².